The standard InChI is InChI=1S/C14H20FNO7S2/c1-11(23-8-7-22-2)14(17)16-25(20,21)10-9-24(18,19)13-5-3-12(15)4-6-13/h3-6,11H,7-10H2,1-2H3,(H,16,17)/t11-/m0/s1. The van der Waals surface area contributed by atoms with Gasteiger partial charge in [0.05, 0.1) is 29.6 Å². The normalized spacial score (nSPS) is 13.4. The number of hydrogen-bond donors (Lipinski definition) is 1. The van der Waals surface area contributed by atoms with E-state index in [2.05, 4.69) is 0 Å². The highest BCUT2D eigenvalue weighted by molar-refractivity contribution is 7.94. The number of rotatable bonds is 10. The molecule has 25 heavy (non-hydrogen) atoms. The van der Waals surface area contributed by atoms with Gasteiger partial charge in [-0.15, -0.1) is 0 Å². The van der Waals surface area contributed by atoms with Crippen molar-refractivity contribution in [3.63, 3.8) is 0 Å². The molecule has 11 heteroatoms. The molecule has 0 bridgehead atoms. The molecule has 8 nitrogen and oxygen atoms in total. The maximum Gasteiger partial charge on any atom is 0.262 e. The zero-order valence-electron chi connectivity index (χ0n) is 13.8. The predicted octanol–water partition coefficient (Wildman–Crippen LogP) is 0.0969. The first-order valence-electron chi connectivity index (χ1n) is 7.20. The summed E-state index contributed by atoms with van der Waals surface area (Å²) >= 11 is 0. The Morgan fingerprint density at radius 1 is 1.12 bits per heavy atom. The Hall–Kier alpha value is -1.56. The highest BCUT2D eigenvalue weighted by atomic mass is 32.2. The summed E-state index contributed by atoms with van der Waals surface area (Å²) in [6.45, 7) is 1.69. The van der Waals surface area contributed by atoms with Gasteiger partial charge < -0.3 is 9.47 Å². The molecule has 1 N–H and O–H groups in total. The first-order valence-corrected chi connectivity index (χ1v) is 10.5. The van der Waals surface area contributed by atoms with E-state index in [1.54, 1.807) is 4.72 Å². The van der Waals surface area contributed by atoms with Crippen LogP contribution in [0.3, 0.4) is 0 Å². The number of amides is 1. The lowest BCUT2D eigenvalue weighted by Crippen LogP contribution is -2.41. The van der Waals surface area contributed by atoms with Crippen LogP contribution in [0.5, 0.6) is 0 Å². The predicted molar refractivity (Wildman–Crippen MR) is 87.7 cm³/mol. The summed E-state index contributed by atoms with van der Waals surface area (Å²) in [7, 11) is -6.65. The summed E-state index contributed by atoms with van der Waals surface area (Å²) in [5.41, 5.74) is 0. The molecule has 0 spiro atoms. The molecule has 1 rings (SSSR count). The molecule has 1 aromatic rings. The van der Waals surface area contributed by atoms with E-state index in [1.165, 1.54) is 14.0 Å². The molecule has 0 saturated heterocycles. The largest absolute Gasteiger partial charge is 0.382 e. The van der Waals surface area contributed by atoms with Crippen molar-refractivity contribution in [2.24, 2.45) is 0 Å². The molecule has 0 unspecified atom stereocenters. The van der Waals surface area contributed by atoms with Gasteiger partial charge in [0.15, 0.2) is 9.84 Å². The van der Waals surface area contributed by atoms with E-state index < -0.39 is 49.2 Å². The summed E-state index contributed by atoms with van der Waals surface area (Å²) in [4.78, 5) is 11.5. The molecule has 0 aliphatic carbocycles. The van der Waals surface area contributed by atoms with Gasteiger partial charge in [-0.2, -0.15) is 0 Å². The molecular weight excluding hydrogens is 377 g/mol. The van der Waals surface area contributed by atoms with Crippen molar-refractivity contribution in [3.8, 4) is 0 Å². The number of hydrogen-bond acceptors (Lipinski definition) is 7. The van der Waals surface area contributed by atoms with Gasteiger partial charge in [0, 0.05) is 7.11 Å². The first-order chi connectivity index (χ1) is 11.6. The minimum atomic E-state index is -4.17. The van der Waals surface area contributed by atoms with Crippen molar-refractivity contribution in [2.45, 2.75) is 17.9 Å². The number of carbonyl (C=O) groups is 1. The molecular formula is C14H20FNO7S2. The molecule has 1 amide bonds. The van der Waals surface area contributed by atoms with Crippen LogP contribution in [0.4, 0.5) is 4.39 Å². The number of sulfone groups is 1. The van der Waals surface area contributed by atoms with Crippen LogP contribution in [0.25, 0.3) is 0 Å². The van der Waals surface area contributed by atoms with Crippen molar-refractivity contribution >= 4 is 25.8 Å². The number of methoxy groups -OCH3 is 1. The Kier molecular flexibility index (Phi) is 7.93. The van der Waals surface area contributed by atoms with E-state index in [0.717, 1.165) is 24.3 Å². The number of carbonyl (C=O) groups excluding carboxylic acids is 1. The molecule has 1 atom stereocenters. The van der Waals surface area contributed by atoms with Crippen LogP contribution in [0.15, 0.2) is 29.2 Å². The van der Waals surface area contributed by atoms with E-state index >= 15 is 0 Å². The van der Waals surface area contributed by atoms with Crippen molar-refractivity contribution in [3.05, 3.63) is 30.1 Å². The van der Waals surface area contributed by atoms with Gasteiger partial charge in [-0.05, 0) is 31.2 Å². The fraction of sp³-hybridized carbons (Fsp3) is 0.500. The minimum absolute atomic E-state index is 0.101. The Morgan fingerprint density at radius 3 is 2.28 bits per heavy atom. The third kappa shape index (κ3) is 7.46. The number of halogens is 1. The molecule has 0 aliphatic heterocycles. The van der Waals surface area contributed by atoms with Gasteiger partial charge in [-0.25, -0.2) is 21.2 Å². The Balaban J connectivity index is 2.62. The molecule has 0 radical (unpaired) electrons. The van der Waals surface area contributed by atoms with Gasteiger partial charge in [0.25, 0.3) is 5.91 Å². The van der Waals surface area contributed by atoms with Crippen molar-refractivity contribution in [1.29, 1.82) is 0 Å². The SMILES string of the molecule is COCCO[C@@H](C)C(=O)NS(=O)(=O)CCS(=O)(=O)c1ccc(F)cc1. The van der Waals surface area contributed by atoms with Crippen LogP contribution >= 0.6 is 0 Å². The zero-order chi connectivity index (χ0) is 19.1. The fourth-order valence-corrected chi connectivity index (χ4v) is 4.77. The molecule has 0 saturated carbocycles. The first kappa shape index (κ1) is 21.5. The quantitative estimate of drug-likeness (QED) is 0.440. The Morgan fingerprint density at radius 2 is 1.72 bits per heavy atom. The van der Waals surface area contributed by atoms with E-state index in [1.807, 2.05) is 0 Å². The number of sulfonamides is 1. The average molecular weight is 397 g/mol. The molecule has 1 aromatic carbocycles. The molecule has 142 valence electrons. The third-order valence-corrected chi connectivity index (χ3v) is 6.32. The van der Waals surface area contributed by atoms with E-state index in [9.17, 15) is 26.0 Å². The lowest BCUT2D eigenvalue weighted by molar-refractivity contribution is -0.130. The maximum absolute atomic E-state index is 12.8. The Bertz CT molecular complexity index is 776. The van der Waals surface area contributed by atoms with Gasteiger partial charge in [-0.1, -0.05) is 0 Å². The van der Waals surface area contributed by atoms with Crippen LogP contribution in [-0.4, -0.2) is 60.7 Å². The monoisotopic (exact) mass is 397 g/mol. The highest BCUT2D eigenvalue weighted by Gasteiger charge is 2.24. The maximum atomic E-state index is 12.8. The fourth-order valence-electron chi connectivity index (χ4n) is 1.65. The lowest BCUT2D eigenvalue weighted by Gasteiger charge is -2.13. The zero-order valence-corrected chi connectivity index (χ0v) is 15.4. The second-order valence-corrected chi connectivity index (χ2v) is 9.01. The number of benzene rings is 1. The second-order valence-electron chi connectivity index (χ2n) is 5.06. The van der Waals surface area contributed by atoms with Crippen LogP contribution in [0, 0.1) is 5.82 Å². The summed E-state index contributed by atoms with van der Waals surface area (Å²) in [5.74, 6) is -3.08. The highest BCUT2D eigenvalue weighted by Crippen LogP contribution is 2.12. The molecule has 0 aliphatic rings. The van der Waals surface area contributed by atoms with Gasteiger partial charge in [-0.3, -0.25) is 9.52 Å². The lowest BCUT2D eigenvalue weighted by atomic mass is 10.4. The van der Waals surface area contributed by atoms with Gasteiger partial charge in [0.1, 0.15) is 11.9 Å². The average Bonchev–Trinajstić information content (AvgIpc) is 2.53. The molecule has 0 aromatic heterocycles. The van der Waals surface area contributed by atoms with Crippen LogP contribution in [-0.2, 0) is 34.1 Å². The van der Waals surface area contributed by atoms with E-state index in [0.29, 0.717) is 0 Å². The molecule has 0 fully saturated rings. The van der Waals surface area contributed by atoms with Crippen molar-refractivity contribution in [1.82, 2.24) is 4.72 Å². The van der Waals surface area contributed by atoms with Crippen LogP contribution in [0.1, 0.15) is 6.92 Å². The van der Waals surface area contributed by atoms with Gasteiger partial charge >= 0.3 is 0 Å². The number of nitrogens with one attached hydrogen (secondary N) is 1. The van der Waals surface area contributed by atoms with E-state index in [4.69, 9.17) is 9.47 Å². The Labute approximate surface area is 146 Å². The smallest absolute Gasteiger partial charge is 0.262 e. The van der Waals surface area contributed by atoms with E-state index in [-0.39, 0.29) is 18.1 Å². The topological polar surface area (TPSA) is 116 Å². The summed E-state index contributed by atoms with van der Waals surface area (Å²) in [5, 5.41) is 0. The summed E-state index contributed by atoms with van der Waals surface area (Å²) < 4.78 is 72.2. The minimum Gasteiger partial charge on any atom is -0.382 e. The third-order valence-electron chi connectivity index (χ3n) is 3.07. The number of ether oxygens (including phenoxy) is 2. The van der Waals surface area contributed by atoms with Crippen molar-refractivity contribution in [2.75, 3.05) is 31.8 Å². The molecule has 0 heterocycles. The van der Waals surface area contributed by atoms with Gasteiger partial charge in [0.2, 0.25) is 10.0 Å². The summed E-state index contributed by atoms with van der Waals surface area (Å²) in [6.07, 6.45) is -1.04. The van der Waals surface area contributed by atoms with Crippen LogP contribution in [0.2, 0.25) is 0 Å². The second kappa shape index (κ2) is 9.22. The van der Waals surface area contributed by atoms with Crippen LogP contribution < -0.4 is 4.72 Å². The van der Waals surface area contributed by atoms with Crippen molar-refractivity contribution < 1.29 is 35.5 Å². The summed E-state index contributed by atoms with van der Waals surface area (Å²) in [6, 6.07) is 4.01.